The summed E-state index contributed by atoms with van der Waals surface area (Å²) in [7, 11) is 0. The minimum absolute atomic E-state index is 0.0586. The number of hydrogen-bond acceptors (Lipinski definition) is 5. The minimum Gasteiger partial charge on any atom is -0.411 e. The fraction of sp³-hybridized carbons (Fsp3) is 0.250. The highest BCUT2D eigenvalue weighted by molar-refractivity contribution is 8.00. The number of rotatable bonds is 6. The third kappa shape index (κ3) is 3.99. The molecule has 0 spiro atoms. The third-order valence-corrected chi connectivity index (χ3v) is 5.01. The normalized spacial score (nSPS) is 12.1. The minimum atomic E-state index is -0.294. The molecule has 1 atom stereocenters. The molecule has 1 heterocycles. The lowest BCUT2D eigenvalue weighted by Crippen LogP contribution is -2.13. The van der Waals surface area contributed by atoms with E-state index in [0.717, 1.165) is 17.5 Å². The van der Waals surface area contributed by atoms with E-state index in [1.165, 1.54) is 17.3 Å². The van der Waals surface area contributed by atoms with Crippen LogP contribution in [-0.2, 0) is 6.42 Å². The van der Waals surface area contributed by atoms with Crippen molar-refractivity contribution in [2.24, 2.45) is 0 Å². The summed E-state index contributed by atoms with van der Waals surface area (Å²) in [6.07, 6.45) is 0.961. The monoisotopic (exact) mass is 352 g/mol. The number of carbonyl (C=O) groups is 1. The summed E-state index contributed by atoms with van der Waals surface area (Å²) in [6.45, 7) is 5.95. The molecule has 0 aliphatic heterocycles. The molecule has 0 fully saturated rings. The van der Waals surface area contributed by atoms with E-state index in [-0.39, 0.29) is 11.0 Å². The van der Waals surface area contributed by atoms with Gasteiger partial charge in [-0.2, -0.15) is 0 Å². The average molecular weight is 352 g/mol. The van der Waals surface area contributed by atoms with Crippen molar-refractivity contribution < 1.29 is 9.21 Å². The van der Waals surface area contributed by atoms with Crippen LogP contribution in [0.15, 0.2) is 58.2 Å². The first-order valence-corrected chi connectivity index (χ1v) is 9.15. The number of Topliss-reactive ketones (excluding diaryl/α,β-unsaturated/α-hetero) is 1. The smallest absolute Gasteiger partial charge is 0.277 e. The molecular weight excluding hydrogens is 332 g/mol. The van der Waals surface area contributed by atoms with E-state index in [4.69, 9.17) is 4.42 Å². The van der Waals surface area contributed by atoms with E-state index in [9.17, 15) is 4.79 Å². The van der Waals surface area contributed by atoms with Crippen LogP contribution in [0.1, 0.15) is 35.3 Å². The molecule has 0 saturated heterocycles. The van der Waals surface area contributed by atoms with Crippen LogP contribution in [0.4, 0.5) is 0 Å². The number of nitrogens with zero attached hydrogens (tertiary/aromatic N) is 2. The Balaban J connectivity index is 1.71. The van der Waals surface area contributed by atoms with E-state index in [2.05, 4.69) is 17.1 Å². The molecule has 5 heteroatoms. The molecule has 0 aliphatic rings. The number of thioether (sulfide) groups is 1. The summed E-state index contributed by atoms with van der Waals surface area (Å²) >= 11 is 1.29. The lowest BCUT2D eigenvalue weighted by Gasteiger charge is -2.08. The predicted octanol–water partition coefficient (Wildman–Crippen LogP) is 4.97. The molecule has 1 aromatic heterocycles. The molecule has 3 aromatic rings. The lowest BCUT2D eigenvalue weighted by atomic mass is 10.1. The van der Waals surface area contributed by atoms with Gasteiger partial charge in [0.2, 0.25) is 5.89 Å². The first-order chi connectivity index (χ1) is 12.1. The second-order valence-electron chi connectivity index (χ2n) is 5.86. The van der Waals surface area contributed by atoms with Gasteiger partial charge in [0, 0.05) is 11.1 Å². The Hall–Kier alpha value is -2.40. The van der Waals surface area contributed by atoms with Gasteiger partial charge < -0.3 is 4.42 Å². The summed E-state index contributed by atoms with van der Waals surface area (Å²) in [4.78, 5) is 12.6. The van der Waals surface area contributed by atoms with Gasteiger partial charge in [-0.05, 0) is 37.5 Å². The maximum absolute atomic E-state index is 12.6. The molecule has 0 bridgehead atoms. The molecule has 0 amide bonds. The zero-order chi connectivity index (χ0) is 17.8. The van der Waals surface area contributed by atoms with Crippen LogP contribution in [0.25, 0.3) is 11.5 Å². The fourth-order valence-electron chi connectivity index (χ4n) is 2.52. The number of ketones is 1. The maximum atomic E-state index is 12.6. The molecule has 0 radical (unpaired) electrons. The van der Waals surface area contributed by atoms with Gasteiger partial charge in [-0.25, -0.2) is 0 Å². The largest absolute Gasteiger partial charge is 0.411 e. The zero-order valence-electron chi connectivity index (χ0n) is 14.5. The highest BCUT2D eigenvalue weighted by atomic mass is 32.2. The van der Waals surface area contributed by atoms with Gasteiger partial charge in [0.05, 0.1) is 5.25 Å². The second-order valence-corrected chi connectivity index (χ2v) is 7.15. The van der Waals surface area contributed by atoms with Gasteiger partial charge in [-0.15, -0.1) is 10.2 Å². The number of carbonyl (C=O) groups excluding carboxylic acids is 1. The van der Waals surface area contributed by atoms with Crippen molar-refractivity contribution in [1.29, 1.82) is 0 Å². The Morgan fingerprint density at radius 3 is 2.52 bits per heavy atom. The van der Waals surface area contributed by atoms with Crippen molar-refractivity contribution in [2.75, 3.05) is 0 Å². The van der Waals surface area contributed by atoms with Gasteiger partial charge in [0.25, 0.3) is 5.22 Å². The number of aromatic nitrogens is 2. The summed E-state index contributed by atoms with van der Waals surface area (Å²) < 4.78 is 5.73. The topological polar surface area (TPSA) is 56.0 Å². The highest BCUT2D eigenvalue weighted by Crippen LogP contribution is 2.29. The molecule has 3 rings (SSSR count). The predicted molar refractivity (Wildman–Crippen MR) is 99.9 cm³/mol. The summed E-state index contributed by atoms with van der Waals surface area (Å²) in [5.41, 5.74) is 3.91. The first-order valence-electron chi connectivity index (χ1n) is 8.27. The third-order valence-electron chi connectivity index (χ3n) is 4.08. The molecule has 128 valence electrons. The van der Waals surface area contributed by atoms with Crippen LogP contribution in [0.5, 0.6) is 0 Å². The molecular formula is C20H20N2O2S. The van der Waals surface area contributed by atoms with Gasteiger partial charge in [0.15, 0.2) is 5.78 Å². The lowest BCUT2D eigenvalue weighted by molar-refractivity contribution is 0.0993. The van der Waals surface area contributed by atoms with E-state index in [1.807, 2.05) is 62.4 Å². The van der Waals surface area contributed by atoms with Gasteiger partial charge in [0.1, 0.15) is 0 Å². The molecule has 0 N–H and O–H groups in total. The summed E-state index contributed by atoms with van der Waals surface area (Å²) in [5, 5.41) is 8.29. The molecule has 4 nitrogen and oxygen atoms in total. The van der Waals surface area contributed by atoms with E-state index < -0.39 is 0 Å². The van der Waals surface area contributed by atoms with Gasteiger partial charge >= 0.3 is 0 Å². The van der Waals surface area contributed by atoms with Crippen molar-refractivity contribution in [2.45, 2.75) is 37.7 Å². The summed E-state index contributed by atoms with van der Waals surface area (Å²) in [6, 6.07) is 15.6. The average Bonchev–Trinajstić information content (AvgIpc) is 3.09. The van der Waals surface area contributed by atoms with Crippen LogP contribution in [0.2, 0.25) is 0 Å². The Labute approximate surface area is 151 Å². The van der Waals surface area contributed by atoms with Crippen molar-refractivity contribution >= 4 is 17.5 Å². The van der Waals surface area contributed by atoms with Crippen LogP contribution < -0.4 is 0 Å². The zero-order valence-corrected chi connectivity index (χ0v) is 15.3. The first kappa shape index (κ1) is 17.4. The van der Waals surface area contributed by atoms with Gasteiger partial charge in [-0.3, -0.25) is 4.79 Å². The molecule has 0 saturated carbocycles. The molecule has 25 heavy (non-hydrogen) atoms. The van der Waals surface area contributed by atoms with Crippen molar-refractivity contribution in [3.05, 3.63) is 65.2 Å². The SMILES string of the molecule is CCc1ccc(C(=O)[C@H](C)Sc2nnc(-c3ccccc3C)o2)cc1. The molecule has 0 aliphatic carbocycles. The number of hydrogen-bond donors (Lipinski definition) is 0. The highest BCUT2D eigenvalue weighted by Gasteiger charge is 2.20. The maximum Gasteiger partial charge on any atom is 0.277 e. The van der Waals surface area contributed by atoms with Crippen molar-refractivity contribution in [3.63, 3.8) is 0 Å². The van der Waals surface area contributed by atoms with E-state index in [0.29, 0.717) is 16.7 Å². The number of aryl methyl sites for hydroxylation is 2. The Morgan fingerprint density at radius 1 is 1.12 bits per heavy atom. The van der Waals surface area contributed by atoms with Crippen molar-refractivity contribution in [1.82, 2.24) is 10.2 Å². The molecule has 0 unspecified atom stereocenters. The van der Waals surface area contributed by atoms with Crippen LogP contribution in [-0.4, -0.2) is 21.2 Å². The standard InChI is InChI=1S/C20H20N2O2S/c1-4-15-9-11-16(12-10-15)18(23)14(3)25-20-22-21-19(24-20)17-8-6-5-7-13(17)2/h5-12,14H,4H2,1-3H3/t14-/m0/s1. The molecule has 2 aromatic carbocycles. The van der Waals surface area contributed by atoms with Crippen LogP contribution in [0.3, 0.4) is 0 Å². The summed E-state index contributed by atoms with van der Waals surface area (Å²) in [5.74, 6) is 0.538. The van der Waals surface area contributed by atoms with Crippen molar-refractivity contribution in [3.8, 4) is 11.5 Å². The van der Waals surface area contributed by atoms with Crippen LogP contribution in [0, 0.1) is 6.92 Å². The van der Waals surface area contributed by atoms with Crippen LogP contribution >= 0.6 is 11.8 Å². The second kappa shape index (κ2) is 7.66. The Bertz CT molecular complexity index is 871. The quantitative estimate of drug-likeness (QED) is 0.463. The fourth-order valence-corrected chi connectivity index (χ4v) is 3.28. The van der Waals surface area contributed by atoms with Gasteiger partial charge in [-0.1, -0.05) is 61.2 Å². The number of benzene rings is 2. The Kier molecular flexibility index (Phi) is 5.34. The van der Waals surface area contributed by atoms with E-state index >= 15 is 0 Å². The van der Waals surface area contributed by atoms with E-state index in [1.54, 1.807) is 0 Å². The Morgan fingerprint density at radius 2 is 1.84 bits per heavy atom.